The molecule has 0 saturated carbocycles. The third-order valence-electron chi connectivity index (χ3n) is 2.60. The molecular formula is C16H17NO3. The molecule has 2 aromatic rings. The average molecular weight is 271 g/mol. The van der Waals surface area contributed by atoms with E-state index in [1.807, 2.05) is 49.4 Å². The molecule has 0 aromatic heterocycles. The van der Waals surface area contributed by atoms with Gasteiger partial charge < -0.3 is 14.8 Å². The van der Waals surface area contributed by atoms with Gasteiger partial charge in [-0.2, -0.15) is 0 Å². The van der Waals surface area contributed by atoms with Crippen LogP contribution < -0.4 is 14.8 Å². The predicted molar refractivity (Wildman–Crippen MR) is 76.9 cm³/mol. The first-order valence-corrected chi connectivity index (χ1v) is 6.50. The SMILES string of the molecule is CCOc1cccc(CNC(=O)Oc2ccccc2)c1. The van der Waals surface area contributed by atoms with Crippen molar-refractivity contribution in [3.05, 3.63) is 60.2 Å². The summed E-state index contributed by atoms with van der Waals surface area (Å²) in [5.41, 5.74) is 0.959. The number of ether oxygens (including phenoxy) is 2. The zero-order chi connectivity index (χ0) is 14.2. The third kappa shape index (κ3) is 4.31. The van der Waals surface area contributed by atoms with Crippen molar-refractivity contribution in [1.29, 1.82) is 0 Å². The number of amides is 1. The second-order valence-electron chi connectivity index (χ2n) is 4.14. The fourth-order valence-corrected chi connectivity index (χ4v) is 1.72. The van der Waals surface area contributed by atoms with Crippen molar-refractivity contribution in [3.63, 3.8) is 0 Å². The predicted octanol–water partition coefficient (Wildman–Crippen LogP) is 3.37. The maximum atomic E-state index is 11.6. The van der Waals surface area contributed by atoms with Crippen LogP contribution in [-0.2, 0) is 6.54 Å². The lowest BCUT2D eigenvalue weighted by molar-refractivity contribution is 0.200. The first-order chi connectivity index (χ1) is 9.78. The van der Waals surface area contributed by atoms with Gasteiger partial charge in [0.2, 0.25) is 0 Å². The summed E-state index contributed by atoms with van der Waals surface area (Å²) in [7, 11) is 0. The molecule has 0 heterocycles. The van der Waals surface area contributed by atoms with Crippen LogP contribution in [-0.4, -0.2) is 12.7 Å². The standard InChI is InChI=1S/C16H17NO3/c1-2-19-15-10-6-7-13(11-15)12-17-16(18)20-14-8-4-3-5-9-14/h3-11H,2,12H2,1H3,(H,17,18). The maximum Gasteiger partial charge on any atom is 0.412 e. The molecule has 0 radical (unpaired) electrons. The van der Waals surface area contributed by atoms with Crippen molar-refractivity contribution in [2.45, 2.75) is 13.5 Å². The van der Waals surface area contributed by atoms with Gasteiger partial charge in [0.05, 0.1) is 6.61 Å². The summed E-state index contributed by atoms with van der Waals surface area (Å²) in [6.07, 6.45) is -0.474. The van der Waals surface area contributed by atoms with Gasteiger partial charge in [0.25, 0.3) is 0 Å². The molecule has 0 bridgehead atoms. The third-order valence-corrected chi connectivity index (χ3v) is 2.60. The molecule has 104 valence electrons. The molecule has 4 heteroatoms. The van der Waals surface area contributed by atoms with Crippen LogP contribution in [0.2, 0.25) is 0 Å². The van der Waals surface area contributed by atoms with E-state index in [9.17, 15) is 4.79 Å². The molecule has 0 atom stereocenters. The highest BCUT2D eigenvalue weighted by Crippen LogP contribution is 2.13. The molecule has 0 saturated heterocycles. The van der Waals surface area contributed by atoms with Crippen LogP contribution in [0, 0.1) is 0 Å². The Morgan fingerprint density at radius 3 is 2.55 bits per heavy atom. The zero-order valence-electron chi connectivity index (χ0n) is 11.3. The van der Waals surface area contributed by atoms with Gasteiger partial charge in [0, 0.05) is 6.54 Å². The van der Waals surface area contributed by atoms with Crippen LogP contribution in [0.15, 0.2) is 54.6 Å². The van der Waals surface area contributed by atoms with Gasteiger partial charge in [-0.05, 0) is 36.8 Å². The van der Waals surface area contributed by atoms with Gasteiger partial charge in [-0.25, -0.2) is 4.79 Å². The Balaban J connectivity index is 1.85. The molecular weight excluding hydrogens is 254 g/mol. The first-order valence-electron chi connectivity index (χ1n) is 6.50. The van der Waals surface area contributed by atoms with Gasteiger partial charge in [-0.15, -0.1) is 0 Å². The summed E-state index contributed by atoms with van der Waals surface area (Å²) >= 11 is 0. The highest BCUT2D eigenvalue weighted by Gasteiger charge is 2.04. The molecule has 1 amide bonds. The van der Waals surface area contributed by atoms with E-state index in [-0.39, 0.29) is 0 Å². The van der Waals surface area contributed by atoms with E-state index in [4.69, 9.17) is 9.47 Å². The van der Waals surface area contributed by atoms with E-state index >= 15 is 0 Å². The second kappa shape index (κ2) is 7.19. The van der Waals surface area contributed by atoms with E-state index in [1.54, 1.807) is 12.1 Å². The van der Waals surface area contributed by atoms with Gasteiger partial charge in [0.1, 0.15) is 11.5 Å². The summed E-state index contributed by atoms with van der Waals surface area (Å²) in [6, 6.07) is 16.5. The topological polar surface area (TPSA) is 47.6 Å². The van der Waals surface area contributed by atoms with Gasteiger partial charge >= 0.3 is 6.09 Å². The first kappa shape index (κ1) is 13.9. The van der Waals surface area contributed by atoms with Crippen molar-refractivity contribution in [2.24, 2.45) is 0 Å². The molecule has 4 nitrogen and oxygen atoms in total. The Kier molecular flexibility index (Phi) is 5.00. The van der Waals surface area contributed by atoms with Crippen molar-refractivity contribution in [3.8, 4) is 11.5 Å². The van der Waals surface area contributed by atoms with Crippen molar-refractivity contribution >= 4 is 6.09 Å². The molecule has 0 fully saturated rings. The molecule has 0 aliphatic heterocycles. The molecule has 20 heavy (non-hydrogen) atoms. The number of hydrogen-bond donors (Lipinski definition) is 1. The summed E-state index contributed by atoms with van der Waals surface area (Å²) < 4.78 is 10.5. The quantitative estimate of drug-likeness (QED) is 0.907. The van der Waals surface area contributed by atoms with Crippen LogP contribution in [0.4, 0.5) is 4.79 Å². The number of hydrogen-bond acceptors (Lipinski definition) is 3. The van der Waals surface area contributed by atoms with Crippen molar-refractivity contribution in [1.82, 2.24) is 5.32 Å². The lowest BCUT2D eigenvalue weighted by atomic mass is 10.2. The fraction of sp³-hybridized carbons (Fsp3) is 0.188. The van der Waals surface area contributed by atoms with E-state index in [0.717, 1.165) is 11.3 Å². The minimum atomic E-state index is -0.474. The van der Waals surface area contributed by atoms with Crippen LogP contribution in [0.5, 0.6) is 11.5 Å². The van der Waals surface area contributed by atoms with Crippen molar-refractivity contribution in [2.75, 3.05) is 6.61 Å². The Hall–Kier alpha value is -2.49. The smallest absolute Gasteiger partial charge is 0.412 e. The number of carbonyl (C=O) groups is 1. The zero-order valence-corrected chi connectivity index (χ0v) is 11.3. The Morgan fingerprint density at radius 2 is 1.80 bits per heavy atom. The second-order valence-corrected chi connectivity index (χ2v) is 4.14. The normalized spacial score (nSPS) is 9.85. The van der Waals surface area contributed by atoms with E-state index in [1.165, 1.54) is 0 Å². The number of benzene rings is 2. The highest BCUT2D eigenvalue weighted by molar-refractivity contribution is 5.70. The largest absolute Gasteiger partial charge is 0.494 e. The molecule has 0 unspecified atom stereocenters. The highest BCUT2D eigenvalue weighted by atomic mass is 16.6. The molecule has 2 rings (SSSR count). The van der Waals surface area contributed by atoms with Gasteiger partial charge in [-0.1, -0.05) is 30.3 Å². The maximum absolute atomic E-state index is 11.6. The van der Waals surface area contributed by atoms with Crippen LogP contribution >= 0.6 is 0 Å². The van der Waals surface area contributed by atoms with E-state index in [0.29, 0.717) is 18.9 Å². The fourth-order valence-electron chi connectivity index (χ4n) is 1.72. The summed E-state index contributed by atoms with van der Waals surface area (Å²) in [4.78, 5) is 11.6. The monoisotopic (exact) mass is 271 g/mol. The lowest BCUT2D eigenvalue weighted by Gasteiger charge is -2.08. The number of carbonyl (C=O) groups excluding carboxylic acids is 1. The minimum Gasteiger partial charge on any atom is -0.494 e. The number of nitrogens with one attached hydrogen (secondary N) is 1. The molecule has 0 aliphatic carbocycles. The lowest BCUT2D eigenvalue weighted by Crippen LogP contribution is -2.26. The van der Waals surface area contributed by atoms with E-state index in [2.05, 4.69) is 5.32 Å². The van der Waals surface area contributed by atoms with E-state index < -0.39 is 6.09 Å². The van der Waals surface area contributed by atoms with Crippen LogP contribution in [0.25, 0.3) is 0 Å². The number of para-hydroxylation sites is 1. The summed E-state index contributed by atoms with van der Waals surface area (Å²) in [6.45, 7) is 2.95. The Labute approximate surface area is 118 Å². The Morgan fingerprint density at radius 1 is 1.05 bits per heavy atom. The van der Waals surface area contributed by atoms with Gasteiger partial charge in [-0.3, -0.25) is 0 Å². The minimum absolute atomic E-state index is 0.395. The summed E-state index contributed by atoms with van der Waals surface area (Å²) in [5, 5.41) is 2.70. The molecule has 0 aliphatic rings. The van der Waals surface area contributed by atoms with Crippen LogP contribution in [0.1, 0.15) is 12.5 Å². The summed E-state index contributed by atoms with van der Waals surface area (Å²) in [5.74, 6) is 1.32. The molecule has 2 aromatic carbocycles. The van der Waals surface area contributed by atoms with Crippen molar-refractivity contribution < 1.29 is 14.3 Å². The molecule has 0 spiro atoms. The van der Waals surface area contributed by atoms with Gasteiger partial charge in [0.15, 0.2) is 0 Å². The van der Waals surface area contributed by atoms with Crippen LogP contribution in [0.3, 0.4) is 0 Å². The molecule has 1 N–H and O–H groups in total. The number of rotatable bonds is 5. The Bertz CT molecular complexity index is 555. The average Bonchev–Trinajstić information content (AvgIpc) is 2.47.